The van der Waals surface area contributed by atoms with Crippen LogP contribution in [0.2, 0.25) is 0 Å². The van der Waals surface area contributed by atoms with Crippen LogP contribution in [-0.4, -0.2) is 82.3 Å². The van der Waals surface area contributed by atoms with E-state index in [-0.39, 0.29) is 32.2 Å². The minimum Gasteiger partial charge on any atom is -0.545 e. The van der Waals surface area contributed by atoms with E-state index in [4.69, 9.17) is 18.9 Å². The van der Waals surface area contributed by atoms with Crippen molar-refractivity contribution in [2.45, 2.75) is 309 Å². The molecule has 0 saturated carbocycles. The molecule has 0 aromatic carbocycles. The number of nitrogens with zero attached hydrogens (tertiary/aromatic N) is 1. The van der Waals surface area contributed by atoms with Crippen molar-refractivity contribution in [3.8, 4) is 0 Å². The Morgan fingerprint density at radius 3 is 1.11 bits per heavy atom. The molecule has 0 radical (unpaired) electrons. The average Bonchev–Trinajstić information content (AvgIpc) is 3.34. The molecule has 0 rings (SSSR count). The molecule has 0 fully saturated rings. The van der Waals surface area contributed by atoms with E-state index in [0.29, 0.717) is 17.4 Å². The topological polar surface area (TPSA) is 111 Å². The third-order valence-corrected chi connectivity index (χ3v) is 13.7. The number of likely N-dealkylation sites (N-methyl/N-ethyl adjacent to an activating group) is 1. The Hall–Kier alpha value is -2.23. The molecule has 9 heteroatoms. The van der Waals surface area contributed by atoms with Crippen LogP contribution in [0.15, 0.2) is 24.3 Å². The summed E-state index contributed by atoms with van der Waals surface area (Å²) in [5.74, 6) is -2.26. The molecule has 0 aliphatic rings. The van der Waals surface area contributed by atoms with E-state index in [9.17, 15) is 19.5 Å². The lowest BCUT2D eigenvalue weighted by Crippen LogP contribution is -2.44. The Bertz CT molecular complexity index is 1210. The predicted octanol–water partition coefficient (Wildman–Crippen LogP) is 16.6. The van der Waals surface area contributed by atoms with Gasteiger partial charge in [0.15, 0.2) is 12.4 Å². The van der Waals surface area contributed by atoms with Crippen LogP contribution in [0.3, 0.4) is 0 Å². The number of esters is 2. The maximum Gasteiger partial charge on any atom is 0.306 e. The molecule has 418 valence electrons. The van der Waals surface area contributed by atoms with Gasteiger partial charge in [0.1, 0.15) is 13.2 Å². The zero-order chi connectivity index (χ0) is 52.0. The quantitative estimate of drug-likeness (QED) is 0.0195. The van der Waals surface area contributed by atoms with E-state index in [0.717, 1.165) is 44.9 Å². The molecule has 9 nitrogen and oxygen atoms in total. The predicted molar refractivity (Wildman–Crippen MR) is 297 cm³/mol. The highest BCUT2D eigenvalue weighted by Gasteiger charge is 2.22. The second-order valence-electron chi connectivity index (χ2n) is 22.0. The Kier molecular flexibility index (Phi) is 52.3. The fraction of sp³-hybridized carbons (Fsp3) is 0.887. The lowest BCUT2D eigenvalue weighted by atomic mass is 10.0. The monoisotopic (exact) mass is 1000 g/mol. The largest absolute Gasteiger partial charge is 0.545 e. The number of allylic oxidation sites excluding steroid dienone is 4. The maximum atomic E-state index is 12.9. The van der Waals surface area contributed by atoms with E-state index in [2.05, 4.69) is 38.2 Å². The summed E-state index contributed by atoms with van der Waals surface area (Å²) in [5, 5.41) is 11.8. The second kappa shape index (κ2) is 54.0. The number of ether oxygens (including phenoxy) is 4. The SMILES string of the molecule is CCCCCCC/C=C\C/C=C\CCCCCCCCCCCCCCCCCCCCCCCC(=O)OC(COC(=O)CCCCCCCCCCCCCCC)COC(OCC[N+](C)(C)C)C(=O)[O-]. The third kappa shape index (κ3) is 55.4. The van der Waals surface area contributed by atoms with Crippen LogP contribution < -0.4 is 5.11 Å². The van der Waals surface area contributed by atoms with Crippen molar-refractivity contribution in [1.82, 2.24) is 0 Å². The Labute approximate surface area is 439 Å². The number of carbonyl (C=O) groups excluding carboxylic acids is 3. The van der Waals surface area contributed by atoms with Gasteiger partial charge in [0.05, 0.1) is 40.3 Å². The van der Waals surface area contributed by atoms with Crippen LogP contribution in [0.1, 0.15) is 296 Å². The molecular weight excluding hydrogens is 887 g/mol. The van der Waals surface area contributed by atoms with Crippen molar-refractivity contribution in [3.63, 3.8) is 0 Å². The van der Waals surface area contributed by atoms with Crippen LogP contribution in [0.4, 0.5) is 0 Å². The molecule has 0 amide bonds. The fourth-order valence-corrected chi connectivity index (χ4v) is 8.98. The van der Waals surface area contributed by atoms with Gasteiger partial charge in [-0.05, 0) is 44.9 Å². The first-order valence-corrected chi connectivity index (χ1v) is 30.5. The van der Waals surface area contributed by atoms with Crippen LogP contribution in [0.25, 0.3) is 0 Å². The number of carboxylic acids is 1. The minimum atomic E-state index is -1.62. The van der Waals surface area contributed by atoms with Crippen LogP contribution in [0.5, 0.6) is 0 Å². The molecular formula is C62H117NO8. The molecule has 0 aromatic rings. The summed E-state index contributed by atoms with van der Waals surface area (Å²) in [5.41, 5.74) is 0. The first-order chi connectivity index (χ1) is 34.6. The summed E-state index contributed by atoms with van der Waals surface area (Å²) < 4.78 is 22.7. The summed E-state index contributed by atoms with van der Waals surface area (Å²) in [4.78, 5) is 37.2. The number of hydrogen-bond acceptors (Lipinski definition) is 8. The van der Waals surface area contributed by atoms with E-state index in [1.165, 1.54) is 225 Å². The van der Waals surface area contributed by atoms with Gasteiger partial charge in [-0.1, -0.05) is 263 Å². The van der Waals surface area contributed by atoms with Gasteiger partial charge in [0, 0.05) is 12.8 Å². The van der Waals surface area contributed by atoms with Crippen molar-refractivity contribution < 1.29 is 42.9 Å². The number of rotatable bonds is 57. The number of aliphatic carboxylic acids is 1. The zero-order valence-corrected chi connectivity index (χ0v) is 47.6. The highest BCUT2D eigenvalue weighted by molar-refractivity contribution is 5.70. The zero-order valence-electron chi connectivity index (χ0n) is 47.6. The summed E-state index contributed by atoms with van der Waals surface area (Å²) in [6.45, 7) is 4.78. The molecule has 2 unspecified atom stereocenters. The molecule has 0 saturated heterocycles. The Morgan fingerprint density at radius 1 is 0.423 bits per heavy atom. The van der Waals surface area contributed by atoms with Gasteiger partial charge >= 0.3 is 11.9 Å². The summed E-state index contributed by atoms with van der Waals surface area (Å²) >= 11 is 0. The van der Waals surface area contributed by atoms with Crippen molar-refractivity contribution in [1.29, 1.82) is 0 Å². The number of carbonyl (C=O) groups is 3. The van der Waals surface area contributed by atoms with Gasteiger partial charge < -0.3 is 33.3 Å². The smallest absolute Gasteiger partial charge is 0.306 e. The fourth-order valence-electron chi connectivity index (χ4n) is 8.98. The lowest BCUT2D eigenvalue weighted by Gasteiger charge is -2.26. The third-order valence-electron chi connectivity index (χ3n) is 13.7. The van der Waals surface area contributed by atoms with Crippen LogP contribution in [-0.2, 0) is 33.3 Å². The van der Waals surface area contributed by atoms with Crippen molar-refractivity contribution >= 4 is 17.9 Å². The first kappa shape index (κ1) is 68.8. The van der Waals surface area contributed by atoms with Crippen molar-refractivity contribution in [2.24, 2.45) is 0 Å². The Morgan fingerprint density at radius 2 is 0.761 bits per heavy atom. The minimum absolute atomic E-state index is 0.151. The van der Waals surface area contributed by atoms with Crippen molar-refractivity contribution in [2.75, 3.05) is 47.5 Å². The molecule has 0 N–H and O–H groups in total. The van der Waals surface area contributed by atoms with Gasteiger partial charge in [-0.3, -0.25) is 9.59 Å². The van der Waals surface area contributed by atoms with Crippen LogP contribution >= 0.6 is 0 Å². The van der Waals surface area contributed by atoms with Gasteiger partial charge in [-0.2, -0.15) is 0 Å². The molecule has 2 atom stereocenters. The standard InChI is InChI=1S/C62H117NO8/c1-6-8-10-12-14-16-18-20-21-22-23-24-25-26-27-28-29-30-31-32-33-34-35-36-37-38-39-41-43-45-47-49-51-53-60(65)71-58(57-70-62(61(66)67)68-55-54-63(3,4)5)56-69-59(64)52-50-48-46-44-42-40-19-17-15-13-11-9-7-2/h18,20,22-23,58,62H,6-17,19,21,24-57H2,1-5H3/b20-18-,23-22-. The van der Waals surface area contributed by atoms with Crippen molar-refractivity contribution in [3.05, 3.63) is 24.3 Å². The Balaban J connectivity index is 4.02. The van der Waals surface area contributed by atoms with Gasteiger partial charge in [0.2, 0.25) is 0 Å². The summed E-state index contributed by atoms with van der Waals surface area (Å²) in [7, 11) is 5.93. The molecule has 0 aliphatic heterocycles. The molecule has 0 heterocycles. The molecule has 71 heavy (non-hydrogen) atoms. The van der Waals surface area contributed by atoms with E-state index >= 15 is 0 Å². The normalized spacial score (nSPS) is 12.9. The lowest BCUT2D eigenvalue weighted by molar-refractivity contribution is -0.870. The first-order valence-electron chi connectivity index (χ1n) is 30.5. The van der Waals surface area contributed by atoms with E-state index < -0.39 is 24.3 Å². The maximum absolute atomic E-state index is 12.9. The number of carboxylic acid groups (broad SMARTS) is 1. The molecule has 0 aliphatic carbocycles. The van der Waals surface area contributed by atoms with Gasteiger partial charge in [-0.25, -0.2) is 0 Å². The molecule has 0 bridgehead atoms. The number of quaternary nitrogens is 1. The molecule has 0 aromatic heterocycles. The summed E-state index contributed by atoms with van der Waals surface area (Å²) in [6, 6.07) is 0. The highest BCUT2D eigenvalue weighted by Crippen LogP contribution is 2.18. The average molecular weight is 1000 g/mol. The van der Waals surface area contributed by atoms with Gasteiger partial charge in [0.25, 0.3) is 0 Å². The highest BCUT2D eigenvalue weighted by atomic mass is 16.7. The second-order valence-corrected chi connectivity index (χ2v) is 22.0. The number of unbranched alkanes of at least 4 members (excludes halogenated alkanes) is 38. The van der Waals surface area contributed by atoms with E-state index in [1.54, 1.807) is 0 Å². The van der Waals surface area contributed by atoms with E-state index in [1.807, 2.05) is 21.1 Å². The van der Waals surface area contributed by atoms with Crippen LogP contribution in [0, 0.1) is 0 Å². The summed E-state index contributed by atoms with van der Waals surface area (Å²) in [6.07, 6.45) is 61.1. The number of hydrogen-bond donors (Lipinski definition) is 0. The van der Waals surface area contributed by atoms with Gasteiger partial charge in [-0.15, -0.1) is 0 Å². The molecule has 0 spiro atoms.